The van der Waals surface area contributed by atoms with Gasteiger partial charge in [0.25, 0.3) is 11.8 Å². The van der Waals surface area contributed by atoms with Crippen molar-refractivity contribution in [2.75, 3.05) is 36.3 Å². The Kier molecular flexibility index (Phi) is 5.69. The molecule has 0 saturated heterocycles. The van der Waals surface area contributed by atoms with E-state index in [-0.39, 0.29) is 11.3 Å². The molecule has 0 bridgehead atoms. The number of carbonyl (C=O) groups excluding carboxylic acids is 2. The summed E-state index contributed by atoms with van der Waals surface area (Å²) in [5.41, 5.74) is 4.30. The Bertz CT molecular complexity index is 1210. The SMILES string of the molecule is COc1ccccc1C1=C(Nc2ccc(C)cc2)C(=O)N(c2cccc(N(C)C)c2)C1=O. The van der Waals surface area contributed by atoms with E-state index in [9.17, 15) is 9.59 Å². The standard InChI is InChI=1S/C26H25N3O3/c1-17-12-14-18(15-13-17)27-24-23(21-10-5-6-11-22(21)32-4)25(30)29(26(24)31)20-9-7-8-19(16-20)28(2)3/h5-16,27H,1-4H3. The predicted octanol–water partition coefficient (Wildman–Crippen LogP) is 4.47. The number of amides is 2. The summed E-state index contributed by atoms with van der Waals surface area (Å²) < 4.78 is 5.50. The molecule has 4 rings (SSSR count). The molecule has 1 heterocycles. The Morgan fingerprint density at radius 1 is 0.875 bits per heavy atom. The minimum absolute atomic E-state index is 0.221. The number of nitrogens with one attached hydrogen (secondary N) is 1. The van der Waals surface area contributed by atoms with Crippen LogP contribution < -0.4 is 19.9 Å². The number of ether oxygens (including phenoxy) is 1. The maximum atomic E-state index is 13.7. The zero-order valence-corrected chi connectivity index (χ0v) is 18.5. The minimum Gasteiger partial charge on any atom is -0.496 e. The lowest BCUT2D eigenvalue weighted by Crippen LogP contribution is -2.32. The third kappa shape index (κ3) is 3.83. The van der Waals surface area contributed by atoms with Crippen molar-refractivity contribution in [2.24, 2.45) is 0 Å². The molecule has 1 aliphatic heterocycles. The van der Waals surface area contributed by atoms with Crippen molar-refractivity contribution in [3.8, 4) is 5.75 Å². The second kappa shape index (κ2) is 8.59. The molecule has 0 aliphatic carbocycles. The van der Waals surface area contributed by atoms with Gasteiger partial charge < -0.3 is 15.0 Å². The van der Waals surface area contributed by atoms with Crippen molar-refractivity contribution in [2.45, 2.75) is 6.92 Å². The first-order chi connectivity index (χ1) is 15.4. The van der Waals surface area contributed by atoms with E-state index in [1.807, 2.05) is 80.5 Å². The van der Waals surface area contributed by atoms with E-state index < -0.39 is 11.8 Å². The topological polar surface area (TPSA) is 61.9 Å². The van der Waals surface area contributed by atoms with E-state index in [4.69, 9.17) is 4.74 Å². The molecule has 0 atom stereocenters. The molecule has 0 spiro atoms. The number of benzene rings is 3. The van der Waals surface area contributed by atoms with Gasteiger partial charge in [-0.25, -0.2) is 4.90 Å². The molecule has 32 heavy (non-hydrogen) atoms. The van der Waals surface area contributed by atoms with Gasteiger partial charge in [0, 0.05) is 31.0 Å². The number of aryl methyl sites for hydroxylation is 1. The van der Waals surface area contributed by atoms with Crippen LogP contribution in [0.1, 0.15) is 11.1 Å². The van der Waals surface area contributed by atoms with Gasteiger partial charge >= 0.3 is 0 Å². The van der Waals surface area contributed by atoms with Crippen molar-refractivity contribution < 1.29 is 14.3 Å². The Morgan fingerprint density at radius 2 is 1.59 bits per heavy atom. The van der Waals surface area contributed by atoms with Crippen molar-refractivity contribution in [1.82, 2.24) is 0 Å². The second-order valence-corrected chi connectivity index (χ2v) is 7.80. The zero-order valence-electron chi connectivity index (χ0n) is 18.5. The van der Waals surface area contributed by atoms with Crippen LogP contribution in [0.4, 0.5) is 17.1 Å². The molecule has 0 aromatic heterocycles. The summed E-state index contributed by atoms with van der Waals surface area (Å²) in [4.78, 5) is 30.4. The Balaban J connectivity index is 1.85. The van der Waals surface area contributed by atoms with Gasteiger partial charge in [-0.05, 0) is 43.3 Å². The van der Waals surface area contributed by atoms with Gasteiger partial charge in [-0.2, -0.15) is 0 Å². The van der Waals surface area contributed by atoms with E-state index in [1.165, 1.54) is 4.90 Å². The maximum Gasteiger partial charge on any atom is 0.282 e. The molecule has 0 fully saturated rings. The van der Waals surface area contributed by atoms with Crippen molar-refractivity contribution in [3.05, 3.63) is 89.6 Å². The molecule has 6 nitrogen and oxygen atoms in total. The van der Waals surface area contributed by atoms with Crippen LogP contribution in [-0.4, -0.2) is 33.0 Å². The van der Waals surface area contributed by atoms with Crippen LogP contribution >= 0.6 is 0 Å². The first kappa shape index (κ1) is 21.2. The van der Waals surface area contributed by atoms with Gasteiger partial charge in [-0.3, -0.25) is 9.59 Å². The smallest absolute Gasteiger partial charge is 0.282 e. The van der Waals surface area contributed by atoms with Gasteiger partial charge in [0.2, 0.25) is 0 Å². The van der Waals surface area contributed by atoms with Gasteiger partial charge in [0.15, 0.2) is 0 Å². The van der Waals surface area contributed by atoms with Crippen LogP contribution in [0.25, 0.3) is 5.57 Å². The molecule has 0 unspecified atom stereocenters. The number of para-hydroxylation sites is 1. The number of methoxy groups -OCH3 is 1. The number of rotatable bonds is 6. The zero-order chi connectivity index (χ0) is 22.8. The summed E-state index contributed by atoms with van der Waals surface area (Å²) >= 11 is 0. The number of hydrogen-bond donors (Lipinski definition) is 1. The van der Waals surface area contributed by atoms with Crippen molar-refractivity contribution >= 4 is 34.4 Å². The number of hydrogen-bond acceptors (Lipinski definition) is 5. The average molecular weight is 428 g/mol. The van der Waals surface area contributed by atoms with Crippen LogP contribution in [0.3, 0.4) is 0 Å². The van der Waals surface area contributed by atoms with E-state index in [1.54, 1.807) is 25.3 Å². The minimum atomic E-state index is -0.410. The van der Waals surface area contributed by atoms with Crippen molar-refractivity contribution in [3.63, 3.8) is 0 Å². The number of anilines is 3. The third-order valence-corrected chi connectivity index (χ3v) is 5.39. The number of imide groups is 1. The van der Waals surface area contributed by atoms with Crippen LogP contribution in [0, 0.1) is 6.92 Å². The highest BCUT2D eigenvalue weighted by molar-refractivity contribution is 6.46. The third-order valence-electron chi connectivity index (χ3n) is 5.39. The van der Waals surface area contributed by atoms with Gasteiger partial charge in [-0.1, -0.05) is 42.0 Å². The normalized spacial score (nSPS) is 13.6. The average Bonchev–Trinajstić information content (AvgIpc) is 3.04. The van der Waals surface area contributed by atoms with E-state index in [0.717, 1.165) is 16.9 Å². The fourth-order valence-corrected chi connectivity index (χ4v) is 3.67. The number of carbonyl (C=O) groups is 2. The highest BCUT2D eigenvalue weighted by Crippen LogP contribution is 2.38. The molecule has 0 radical (unpaired) electrons. The molecule has 2 amide bonds. The molecule has 0 saturated carbocycles. The maximum absolute atomic E-state index is 13.7. The summed E-state index contributed by atoms with van der Waals surface area (Å²) in [6, 6.07) is 22.2. The summed E-state index contributed by atoms with van der Waals surface area (Å²) in [5.74, 6) is -0.284. The first-order valence-electron chi connectivity index (χ1n) is 10.3. The fourth-order valence-electron chi connectivity index (χ4n) is 3.67. The summed E-state index contributed by atoms with van der Waals surface area (Å²) in [6.45, 7) is 1.99. The lowest BCUT2D eigenvalue weighted by Gasteiger charge is -2.19. The second-order valence-electron chi connectivity index (χ2n) is 7.80. The Labute approximate surface area is 187 Å². The molecule has 3 aromatic rings. The lowest BCUT2D eigenvalue weighted by molar-refractivity contribution is -0.120. The van der Waals surface area contributed by atoms with E-state index in [2.05, 4.69) is 5.32 Å². The Hall–Kier alpha value is -4.06. The van der Waals surface area contributed by atoms with Gasteiger partial charge in [0.05, 0.1) is 18.4 Å². The summed E-state index contributed by atoms with van der Waals surface area (Å²) in [6.07, 6.45) is 0. The molecule has 1 aliphatic rings. The Morgan fingerprint density at radius 3 is 2.28 bits per heavy atom. The lowest BCUT2D eigenvalue weighted by atomic mass is 10.0. The first-order valence-corrected chi connectivity index (χ1v) is 10.3. The van der Waals surface area contributed by atoms with Crippen LogP contribution in [0.15, 0.2) is 78.5 Å². The van der Waals surface area contributed by atoms with Crippen LogP contribution in [0.2, 0.25) is 0 Å². The predicted molar refractivity (Wildman–Crippen MR) is 128 cm³/mol. The quantitative estimate of drug-likeness (QED) is 0.589. The monoisotopic (exact) mass is 427 g/mol. The van der Waals surface area contributed by atoms with Crippen LogP contribution in [0.5, 0.6) is 5.75 Å². The van der Waals surface area contributed by atoms with E-state index in [0.29, 0.717) is 17.0 Å². The van der Waals surface area contributed by atoms with E-state index >= 15 is 0 Å². The number of nitrogens with zero attached hydrogens (tertiary/aromatic N) is 2. The largest absolute Gasteiger partial charge is 0.496 e. The van der Waals surface area contributed by atoms with Gasteiger partial charge in [-0.15, -0.1) is 0 Å². The summed E-state index contributed by atoms with van der Waals surface area (Å²) in [7, 11) is 5.37. The molecule has 6 heteroatoms. The highest BCUT2D eigenvalue weighted by Gasteiger charge is 2.41. The molecular formula is C26H25N3O3. The molecule has 162 valence electrons. The molecule has 3 aromatic carbocycles. The van der Waals surface area contributed by atoms with Crippen molar-refractivity contribution in [1.29, 1.82) is 0 Å². The molecule has 1 N–H and O–H groups in total. The highest BCUT2D eigenvalue weighted by atomic mass is 16.5. The van der Waals surface area contributed by atoms with Gasteiger partial charge in [0.1, 0.15) is 11.4 Å². The summed E-state index contributed by atoms with van der Waals surface area (Å²) in [5, 5.41) is 3.19. The van der Waals surface area contributed by atoms with Crippen LogP contribution in [-0.2, 0) is 9.59 Å². The molecular weight excluding hydrogens is 402 g/mol. The fraction of sp³-hybridized carbons (Fsp3) is 0.154.